The molecule has 1 saturated heterocycles. The summed E-state index contributed by atoms with van der Waals surface area (Å²) < 4.78 is 15.4. The van der Waals surface area contributed by atoms with E-state index in [9.17, 15) is 14.7 Å². The summed E-state index contributed by atoms with van der Waals surface area (Å²) in [4.78, 5) is 37.4. The van der Waals surface area contributed by atoms with Crippen LogP contribution in [0.3, 0.4) is 0 Å². The Kier molecular flexibility index (Phi) is 7.08. The first-order valence-electron chi connectivity index (χ1n) is 14.5. The minimum atomic E-state index is -0.784. The lowest BCUT2D eigenvalue weighted by atomic mass is 10.0. The van der Waals surface area contributed by atoms with Gasteiger partial charge in [0.05, 0.1) is 30.5 Å². The number of methoxy groups -OCH3 is 1. The summed E-state index contributed by atoms with van der Waals surface area (Å²) in [6, 6.07) is 9.01. The third-order valence-electron chi connectivity index (χ3n) is 7.99. The van der Waals surface area contributed by atoms with Crippen molar-refractivity contribution in [1.29, 1.82) is 0 Å². The number of pyridine rings is 1. The summed E-state index contributed by atoms with van der Waals surface area (Å²) in [7, 11) is 3.54. The maximum absolute atomic E-state index is 13.7. The Morgan fingerprint density at radius 1 is 1.17 bits per heavy atom. The maximum Gasteiger partial charge on any atom is 0.408 e. The van der Waals surface area contributed by atoms with Crippen molar-refractivity contribution in [2.45, 2.75) is 64.3 Å². The van der Waals surface area contributed by atoms with E-state index in [1.165, 1.54) is 12.8 Å². The van der Waals surface area contributed by atoms with Gasteiger partial charge < -0.3 is 33.9 Å². The lowest BCUT2D eigenvalue weighted by Gasteiger charge is -2.36. The number of nitrogens with zero attached hydrogens (tertiary/aromatic N) is 5. The lowest BCUT2D eigenvalue weighted by molar-refractivity contribution is 0.0210. The Morgan fingerprint density at radius 2 is 1.95 bits per heavy atom. The number of ether oxygens (including phenoxy) is 2. The molecular weight excluding hydrogens is 536 g/mol. The number of aryl methyl sites for hydroxylation is 1. The number of piperidine rings is 1. The Morgan fingerprint density at radius 3 is 2.67 bits per heavy atom. The molecule has 2 atom stereocenters. The van der Waals surface area contributed by atoms with Gasteiger partial charge in [-0.1, -0.05) is 0 Å². The van der Waals surface area contributed by atoms with Crippen LogP contribution in [-0.2, 0) is 18.3 Å². The molecule has 1 aromatic carbocycles. The van der Waals surface area contributed by atoms with Gasteiger partial charge in [-0.2, -0.15) is 0 Å². The van der Waals surface area contributed by atoms with Crippen molar-refractivity contribution >= 4 is 34.1 Å². The number of rotatable bonds is 6. The second kappa shape index (κ2) is 10.6. The molecule has 2 amide bonds. The van der Waals surface area contributed by atoms with Gasteiger partial charge in [0, 0.05) is 43.8 Å². The maximum atomic E-state index is 13.7. The fraction of sp³-hybridized carbons (Fsp3) is 0.484. The highest BCUT2D eigenvalue weighted by Crippen LogP contribution is 2.37. The van der Waals surface area contributed by atoms with E-state index >= 15 is 0 Å². The number of alkyl carbamates (subject to hydrolysis) is 1. The van der Waals surface area contributed by atoms with E-state index in [-0.39, 0.29) is 12.5 Å². The van der Waals surface area contributed by atoms with E-state index in [0.717, 1.165) is 34.6 Å². The van der Waals surface area contributed by atoms with E-state index in [0.29, 0.717) is 35.7 Å². The number of carbonyl (C=O) groups is 2. The predicted octanol–water partition coefficient (Wildman–Crippen LogP) is 4.11. The molecule has 4 heterocycles. The number of carbonyl (C=O) groups excluding carboxylic acids is 2. The van der Waals surface area contributed by atoms with Crippen LogP contribution in [0.25, 0.3) is 33.6 Å². The molecule has 0 unspecified atom stereocenters. The number of hydrogen-bond acceptors (Lipinski definition) is 7. The highest BCUT2D eigenvalue weighted by atomic mass is 16.6. The van der Waals surface area contributed by atoms with Gasteiger partial charge in [-0.25, -0.2) is 14.8 Å². The van der Waals surface area contributed by atoms with Crippen LogP contribution >= 0.6 is 0 Å². The molecule has 4 aromatic rings. The Balaban J connectivity index is 1.32. The molecule has 42 heavy (non-hydrogen) atoms. The molecule has 6 rings (SSSR count). The van der Waals surface area contributed by atoms with Crippen molar-refractivity contribution in [3.05, 3.63) is 42.1 Å². The molecule has 2 aliphatic rings. The number of aliphatic hydroxyl groups excluding tert-OH is 1. The number of likely N-dealkylation sites (tertiary alicyclic amines) is 1. The quantitative estimate of drug-likeness (QED) is 0.355. The first kappa shape index (κ1) is 28.0. The summed E-state index contributed by atoms with van der Waals surface area (Å²) in [6.45, 7) is 6.72. The number of hydrogen-bond donors (Lipinski definition) is 2. The predicted molar refractivity (Wildman–Crippen MR) is 158 cm³/mol. The molecule has 0 radical (unpaired) electrons. The summed E-state index contributed by atoms with van der Waals surface area (Å²) in [6.07, 6.45) is 3.18. The Hall–Kier alpha value is -4.12. The van der Waals surface area contributed by atoms with Gasteiger partial charge in [0.15, 0.2) is 5.82 Å². The van der Waals surface area contributed by atoms with Crippen LogP contribution < -0.4 is 10.1 Å². The summed E-state index contributed by atoms with van der Waals surface area (Å²) in [5, 5.41) is 14.3. The smallest absolute Gasteiger partial charge is 0.408 e. The highest BCUT2D eigenvalue weighted by molar-refractivity contribution is 6.00. The van der Waals surface area contributed by atoms with Crippen LogP contribution in [0, 0.1) is 5.92 Å². The molecule has 1 aliphatic heterocycles. The molecule has 2 N–H and O–H groups in total. The van der Waals surface area contributed by atoms with Crippen molar-refractivity contribution in [1.82, 2.24) is 29.3 Å². The van der Waals surface area contributed by atoms with E-state index < -0.39 is 23.8 Å². The fourth-order valence-electron chi connectivity index (χ4n) is 5.74. The van der Waals surface area contributed by atoms with Crippen LogP contribution in [0.1, 0.15) is 50.4 Å². The lowest BCUT2D eigenvalue weighted by Crippen LogP contribution is -2.57. The van der Waals surface area contributed by atoms with Gasteiger partial charge in [0.1, 0.15) is 22.5 Å². The monoisotopic (exact) mass is 574 g/mol. The van der Waals surface area contributed by atoms with Crippen LogP contribution in [0.5, 0.6) is 5.75 Å². The third kappa shape index (κ3) is 5.40. The number of imidazole rings is 1. The van der Waals surface area contributed by atoms with E-state index in [1.807, 2.05) is 23.9 Å². The standard InChI is InChI=1S/C31H38N6O5/c1-31(2,3)42-30(40)34-22-17-36(12-10-24(22)38)29(39)20-13-21-26(25(15-20)41-5)35(4)28(33-21)23-14-19-7-6-11-32-27(19)37(23)16-18-8-9-18/h6-7,11,13-15,18,22,24,38H,8-10,12,16-17H2,1-5H3,(H,34,40)/t22-,24+/m0/s1. The number of nitrogens with one attached hydrogen (secondary N) is 1. The molecule has 2 fully saturated rings. The second-order valence-electron chi connectivity index (χ2n) is 12.4. The van der Waals surface area contributed by atoms with Crippen molar-refractivity contribution in [2.75, 3.05) is 20.2 Å². The number of aliphatic hydroxyl groups is 1. The molecule has 0 bridgehead atoms. The second-order valence-corrected chi connectivity index (χ2v) is 12.4. The van der Waals surface area contributed by atoms with Crippen LogP contribution in [0.2, 0.25) is 0 Å². The van der Waals surface area contributed by atoms with Crippen molar-refractivity contribution in [3.63, 3.8) is 0 Å². The highest BCUT2D eigenvalue weighted by Gasteiger charge is 2.34. The normalized spacial score (nSPS) is 19.3. The average molecular weight is 575 g/mol. The third-order valence-corrected chi connectivity index (χ3v) is 7.99. The van der Waals surface area contributed by atoms with E-state index in [1.54, 1.807) is 44.9 Å². The van der Waals surface area contributed by atoms with Crippen molar-refractivity contribution < 1.29 is 24.2 Å². The summed E-state index contributed by atoms with van der Waals surface area (Å²) in [5.41, 5.74) is 3.11. The molecule has 11 nitrogen and oxygen atoms in total. The first-order valence-corrected chi connectivity index (χ1v) is 14.5. The molecular formula is C31H38N6O5. The topological polar surface area (TPSA) is 124 Å². The molecule has 1 saturated carbocycles. The zero-order valence-corrected chi connectivity index (χ0v) is 24.8. The van der Waals surface area contributed by atoms with E-state index in [4.69, 9.17) is 14.5 Å². The zero-order valence-electron chi connectivity index (χ0n) is 24.8. The number of aromatic nitrogens is 4. The van der Waals surface area contributed by atoms with Gasteiger partial charge in [0.2, 0.25) is 0 Å². The number of amides is 2. The number of benzene rings is 1. The molecule has 0 spiro atoms. The van der Waals surface area contributed by atoms with Gasteiger partial charge >= 0.3 is 6.09 Å². The minimum absolute atomic E-state index is 0.154. The fourth-order valence-corrected chi connectivity index (χ4v) is 5.74. The molecule has 1 aliphatic carbocycles. The molecule has 11 heteroatoms. The first-order chi connectivity index (χ1) is 20.0. The Bertz CT molecular complexity index is 1660. The SMILES string of the molecule is COc1cc(C(=O)N2CC[C@@H](O)[C@@H](NC(=O)OC(C)(C)C)C2)cc2nc(-c3cc4cccnc4n3CC3CC3)n(C)c12. The zero-order chi connectivity index (χ0) is 29.8. The molecule has 222 valence electrons. The van der Waals surface area contributed by atoms with Gasteiger partial charge in [-0.15, -0.1) is 0 Å². The van der Waals surface area contributed by atoms with E-state index in [2.05, 4.69) is 27.0 Å². The number of fused-ring (bicyclic) bond motifs is 2. The van der Waals surface area contributed by atoms with Crippen molar-refractivity contribution in [2.24, 2.45) is 13.0 Å². The van der Waals surface area contributed by atoms with Crippen LogP contribution in [0.4, 0.5) is 4.79 Å². The van der Waals surface area contributed by atoms with Crippen LogP contribution in [-0.4, -0.2) is 79.1 Å². The summed E-state index contributed by atoms with van der Waals surface area (Å²) in [5.74, 6) is 1.73. The van der Waals surface area contributed by atoms with Gasteiger partial charge in [-0.3, -0.25) is 4.79 Å². The molecule has 3 aromatic heterocycles. The van der Waals surface area contributed by atoms with Crippen molar-refractivity contribution in [3.8, 4) is 17.3 Å². The van der Waals surface area contributed by atoms with Gasteiger partial charge in [-0.05, 0) is 76.3 Å². The average Bonchev–Trinajstić information content (AvgIpc) is 3.61. The Labute approximate surface area is 244 Å². The van der Waals surface area contributed by atoms with Gasteiger partial charge in [0.25, 0.3) is 5.91 Å². The van der Waals surface area contributed by atoms with Crippen LogP contribution in [0.15, 0.2) is 36.5 Å². The largest absolute Gasteiger partial charge is 0.494 e. The minimum Gasteiger partial charge on any atom is -0.494 e. The summed E-state index contributed by atoms with van der Waals surface area (Å²) >= 11 is 0.